The van der Waals surface area contributed by atoms with Crippen LogP contribution in [0.25, 0.3) is 0 Å². The van der Waals surface area contributed by atoms with Crippen LogP contribution in [-0.4, -0.2) is 25.0 Å². The number of carboxylic acids is 1. The number of hydrogen-bond donors (Lipinski definition) is 1. The van der Waals surface area contributed by atoms with Crippen LogP contribution in [0, 0.1) is 13.8 Å². The van der Waals surface area contributed by atoms with Crippen molar-refractivity contribution in [1.82, 2.24) is 5.32 Å². The van der Waals surface area contributed by atoms with Gasteiger partial charge in [0.15, 0.2) is 0 Å². The van der Waals surface area contributed by atoms with E-state index in [1.165, 1.54) is 17.5 Å². The van der Waals surface area contributed by atoms with Crippen molar-refractivity contribution in [2.75, 3.05) is 6.61 Å². The summed E-state index contributed by atoms with van der Waals surface area (Å²) in [6.45, 7) is 4.44. The zero-order valence-electron chi connectivity index (χ0n) is 22.0. The zero-order valence-corrected chi connectivity index (χ0v) is 24.8. The maximum absolute atomic E-state index is 11.2. The number of rotatable bonds is 6. The Hall–Kier alpha value is -2.51. The average molecular weight is 544 g/mol. The molecule has 1 heterocycles. The average Bonchev–Trinajstić information content (AvgIpc) is 3.35. The third-order valence-corrected chi connectivity index (χ3v) is 7.18. The summed E-state index contributed by atoms with van der Waals surface area (Å²) in [4.78, 5) is 21.5. The minimum Gasteiger partial charge on any atom is -0.549 e. The number of fused-ring (bicyclic) bond motifs is 1. The van der Waals surface area contributed by atoms with Gasteiger partial charge in [-0.15, -0.1) is 0 Å². The Kier molecular flexibility index (Phi) is 11.1. The van der Waals surface area contributed by atoms with Crippen LogP contribution < -0.4 is 49.5 Å². The quantitative estimate of drug-likeness (QED) is 0.381. The van der Waals surface area contributed by atoms with Crippen molar-refractivity contribution < 1.29 is 53.7 Å². The first-order valence-electron chi connectivity index (χ1n) is 12.5. The molecule has 0 aromatic heterocycles. The van der Waals surface area contributed by atoms with Crippen LogP contribution >= 0.6 is 11.6 Å². The van der Waals surface area contributed by atoms with Crippen molar-refractivity contribution in [3.8, 4) is 17.2 Å². The van der Waals surface area contributed by atoms with E-state index in [-0.39, 0.29) is 29.6 Å². The third kappa shape index (κ3) is 7.76. The Bertz CT molecular complexity index is 1250. The molecule has 3 aromatic carbocycles. The molecule has 3 unspecified atom stereocenters. The van der Waals surface area contributed by atoms with Crippen LogP contribution in [0.4, 0.5) is 0 Å². The molecule has 6 nitrogen and oxygen atoms in total. The largest absolute Gasteiger partial charge is 1.00 e. The fourth-order valence-corrected chi connectivity index (χ4v) is 5.11. The summed E-state index contributed by atoms with van der Waals surface area (Å²) in [7, 11) is 0. The van der Waals surface area contributed by atoms with E-state index in [4.69, 9.17) is 21.1 Å². The minimum atomic E-state index is -1.12. The molecule has 0 bridgehead atoms. The molecule has 3 aromatic rings. The number of amides is 1. The molecule has 194 valence electrons. The van der Waals surface area contributed by atoms with Gasteiger partial charge in [-0.25, -0.2) is 0 Å². The molecule has 3 atom stereocenters. The monoisotopic (exact) mass is 543 g/mol. The van der Waals surface area contributed by atoms with Crippen LogP contribution in [0.1, 0.15) is 59.8 Å². The molecule has 1 aliphatic heterocycles. The number of halogens is 1. The van der Waals surface area contributed by atoms with Gasteiger partial charge < -0.3 is 24.7 Å². The van der Waals surface area contributed by atoms with Gasteiger partial charge in [-0.2, -0.15) is 0 Å². The van der Waals surface area contributed by atoms with Crippen LogP contribution in [0.5, 0.6) is 17.2 Å². The Balaban J connectivity index is 0.000000220. The van der Waals surface area contributed by atoms with Gasteiger partial charge in [0.25, 0.3) is 0 Å². The molecule has 1 aliphatic carbocycles. The number of nitrogens with one attached hydrogen (secondary N) is 1. The predicted octanol–water partition coefficient (Wildman–Crippen LogP) is 2.44. The summed E-state index contributed by atoms with van der Waals surface area (Å²) in [5, 5.41) is 14.4. The molecular formula is C30H31ClNNaO5. The number of aliphatic carboxylic acids is 1. The van der Waals surface area contributed by atoms with E-state index in [2.05, 4.69) is 36.5 Å². The molecule has 5 rings (SSSR count). The third-order valence-electron chi connectivity index (χ3n) is 6.89. The summed E-state index contributed by atoms with van der Waals surface area (Å²) in [6.07, 6.45) is 4.58. The van der Waals surface area contributed by atoms with E-state index in [0.29, 0.717) is 52.8 Å². The SMILES string of the molecule is Cc1ccc(Oc2cc3c(cc2Cl)C(C(=O)[O-])CCO3)cc1.Cc1cccc(C2CCC(NC=O)C2)c1.[Na+]. The first kappa shape index (κ1) is 30.0. The van der Waals surface area contributed by atoms with Gasteiger partial charge in [0.05, 0.1) is 11.6 Å². The molecule has 0 spiro atoms. The van der Waals surface area contributed by atoms with Crippen molar-refractivity contribution in [1.29, 1.82) is 0 Å². The number of benzene rings is 3. The number of ether oxygens (including phenoxy) is 2. The molecule has 0 radical (unpaired) electrons. The Morgan fingerprint density at radius 3 is 2.50 bits per heavy atom. The molecule has 2 aliphatic rings. The van der Waals surface area contributed by atoms with Gasteiger partial charge in [0.1, 0.15) is 17.2 Å². The standard InChI is InChI=1S/C17H15ClO4.C13H17NO.Na/c1-10-2-4-11(5-3-10)22-16-9-15-13(8-14(16)18)12(17(19)20)6-7-21-15;1-10-3-2-4-11(7-10)12-5-6-13(8-12)14-9-15;/h2-5,8-9,12H,6-7H2,1H3,(H,19,20);2-4,7,9,12-13H,5-6,8H2,1H3,(H,14,15);/q;;+1/p-1. The van der Waals surface area contributed by atoms with Crippen molar-refractivity contribution >= 4 is 24.0 Å². The smallest absolute Gasteiger partial charge is 0.549 e. The first-order chi connectivity index (χ1) is 17.8. The van der Waals surface area contributed by atoms with Crippen LogP contribution in [-0.2, 0) is 9.59 Å². The van der Waals surface area contributed by atoms with Crippen molar-refractivity contribution in [2.24, 2.45) is 0 Å². The van der Waals surface area contributed by atoms with Crippen molar-refractivity contribution in [3.63, 3.8) is 0 Å². The van der Waals surface area contributed by atoms with Crippen LogP contribution in [0.3, 0.4) is 0 Å². The van der Waals surface area contributed by atoms with Gasteiger partial charge in [-0.1, -0.05) is 59.1 Å². The fourth-order valence-electron chi connectivity index (χ4n) is 4.90. The molecule has 8 heteroatoms. The number of carbonyl (C=O) groups is 2. The Morgan fingerprint density at radius 2 is 1.82 bits per heavy atom. The summed E-state index contributed by atoms with van der Waals surface area (Å²) >= 11 is 6.22. The van der Waals surface area contributed by atoms with E-state index >= 15 is 0 Å². The Morgan fingerprint density at radius 1 is 1.05 bits per heavy atom. The topological polar surface area (TPSA) is 87.7 Å². The van der Waals surface area contributed by atoms with E-state index < -0.39 is 11.9 Å². The van der Waals surface area contributed by atoms with Gasteiger partial charge in [-0.05, 0) is 69.2 Å². The number of aryl methyl sites for hydroxylation is 2. The van der Waals surface area contributed by atoms with Crippen LogP contribution in [0.2, 0.25) is 5.02 Å². The van der Waals surface area contributed by atoms with E-state index in [0.717, 1.165) is 24.8 Å². The first-order valence-corrected chi connectivity index (χ1v) is 12.9. The molecule has 1 N–H and O–H groups in total. The van der Waals surface area contributed by atoms with Crippen LogP contribution in [0.15, 0.2) is 60.7 Å². The normalized spacial score (nSPS) is 19.5. The zero-order chi connectivity index (χ0) is 26.4. The predicted molar refractivity (Wildman–Crippen MR) is 141 cm³/mol. The number of carbonyl (C=O) groups excluding carboxylic acids is 2. The second-order valence-corrected chi connectivity index (χ2v) is 10.1. The van der Waals surface area contributed by atoms with E-state index in [1.807, 2.05) is 31.2 Å². The molecule has 1 amide bonds. The van der Waals surface area contributed by atoms with E-state index in [1.54, 1.807) is 12.1 Å². The summed E-state index contributed by atoms with van der Waals surface area (Å²) in [5.74, 6) is 0.375. The fraction of sp³-hybridized carbons (Fsp3) is 0.333. The van der Waals surface area contributed by atoms with Gasteiger partial charge in [0, 0.05) is 29.6 Å². The Labute approximate surface area is 251 Å². The summed E-state index contributed by atoms with van der Waals surface area (Å²) < 4.78 is 11.3. The van der Waals surface area contributed by atoms with E-state index in [9.17, 15) is 14.7 Å². The molecule has 1 saturated carbocycles. The molecule has 0 saturated heterocycles. The van der Waals surface area contributed by atoms with Gasteiger partial charge >= 0.3 is 29.6 Å². The second kappa shape index (κ2) is 14.0. The summed E-state index contributed by atoms with van der Waals surface area (Å²) in [6, 6.07) is 19.8. The molecular weight excluding hydrogens is 513 g/mol. The maximum atomic E-state index is 11.2. The number of hydrogen-bond acceptors (Lipinski definition) is 5. The second-order valence-electron chi connectivity index (χ2n) is 9.65. The molecule has 38 heavy (non-hydrogen) atoms. The molecule has 1 fully saturated rings. The van der Waals surface area contributed by atoms with Gasteiger partial charge in [-0.3, -0.25) is 4.79 Å². The number of carboxylic acid groups (broad SMARTS) is 1. The minimum absolute atomic E-state index is 0. The summed E-state index contributed by atoms with van der Waals surface area (Å²) in [5.41, 5.74) is 4.40. The van der Waals surface area contributed by atoms with Crippen molar-refractivity contribution in [3.05, 3.63) is 87.9 Å². The maximum Gasteiger partial charge on any atom is 1.00 e. The van der Waals surface area contributed by atoms with Crippen molar-refractivity contribution in [2.45, 2.75) is 57.4 Å². The van der Waals surface area contributed by atoms with Gasteiger partial charge in [0.2, 0.25) is 6.41 Å².